The van der Waals surface area contributed by atoms with E-state index in [9.17, 15) is 5.11 Å². The van der Waals surface area contributed by atoms with Gasteiger partial charge in [-0.1, -0.05) is 59.7 Å². The molecule has 3 rings (SSSR count). The molecule has 0 aliphatic heterocycles. The lowest BCUT2D eigenvalue weighted by atomic mass is 9.79. The molecule has 0 saturated carbocycles. The monoisotopic (exact) mass is 493 g/mol. The molecule has 0 fully saturated rings. The molecule has 3 aromatic rings. The molecule has 35 heavy (non-hydrogen) atoms. The Morgan fingerprint density at radius 3 is 2.14 bits per heavy atom. The molecule has 0 unspecified atom stereocenters. The number of thiophene rings is 1. The highest BCUT2D eigenvalue weighted by Crippen LogP contribution is 2.41. The Balaban J connectivity index is 1.48. The van der Waals surface area contributed by atoms with Gasteiger partial charge in [0.05, 0.1) is 10.6 Å². The SMILES string of the molecule is CC(C)(C)c1cc(OCCNCCc2ccc(N=C(N)c3cccs3)cc2)cc(C(C)(C)C)c1O. The van der Waals surface area contributed by atoms with Gasteiger partial charge in [0.15, 0.2) is 0 Å². The first-order valence-electron chi connectivity index (χ1n) is 12.1. The maximum atomic E-state index is 10.9. The van der Waals surface area contributed by atoms with Gasteiger partial charge < -0.3 is 20.9 Å². The summed E-state index contributed by atoms with van der Waals surface area (Å²) in [5, 5.41) is 16.3. The Bertz CT molecular complexity index is 1090. The van der Waals surface area contributed by atoms with Crippen molar-refractivity contribution in [2.45, 2.75) is 58.8 Å². The van der Waals surface area contributed by atoms with Crippen LogP contribution >= 0.6 is 11.3 Å². The van der Waals surface area contributed by atoms with Gasteiger partial charge in [0.25, 0.3) is 0 Å². The molecule has 1 aromatic heterocycles. The minimum absolute atomic E-state index is 0.168. The quantitative estimate of drug-likeness (QED) is 0.186. The molecular weight excluding hydrogens is 454 g/mol. The molecular formula is C29H39N3O2S. The summed E-state index contributed by atoms with van der Waals surface area (Å²) in [5.41, 5.74) is 9.67. The maximum Gasteiger partial charge on any atom is 0.141 e. The zero-order valence-corrected chi connectivity index (χ0v) is 22.6. The van der Waals surface area contributed by atoms with Crippen molar-refractivity contribution in [1.82, 2.24) is 5.32 Å². The van der Waals surface area contributed by atoms with Crippen LogP contribution < -0.4 is 15.8 Å². The first-order valence-corrected chi connectivity index (χ1v) is 13.0. The van der Waals surface area contributed by atoms with Crippen molar-refractivity contribution in [2.24, 2.45) is 10.7 Å². The van der Waals surface area contributed by atoms with Crippen LogP contribution in [0.3, 0.4) is 0 Å². The number of aliphatic imine (C=N–C) groups is 1. The summed E-state index contributed by atoms with van der Waals surface area (Å²) in [5.74, 6) is 1.73. The van der Waals surface area contributed by atoms with Crippen LogP contribution in [0.5, 0.6) is 11.5 Å². The van der Waals surface area contributed by atoms with Crippen molar-refractivity contribution < 1.29 is 9.84 Å². The van der Waals surface area contributed by atoms with Crippen LogP contribution in [0, 0.1) is 0 Å². The van der Waals surface area contributed by atoms with E-state index in [-0.39, 0.29) is 10.8 Å². The molecule has 6 heteroatoms. The van der Waals surface area contributed by atoms with E-state index >= 15 is 0 Å². The maximum absolute atomic E-state index is 10.9. The van der Waals surface area contributed by atoms with Crippen molar-refractivity contribution in [2.75, 3.05) is 19.7 Å². The van der Waals surface area contributed by atoms with E-state index in [2.05, 4.69) is 64.0 Å². The number of amidine groups is 1. The normalized spacial score (nSPS) is 12.7. The average molecular weight is 494 g/mol. The first-order chi connectivity index (χ1) is 16.4. The summed E-state index contributed by atoms with van der Waals surface area (Å²) in [4.78, 5) is 5.48. The molecule has 5 nitrogen and oxygen atoms in total. The van der Waals surface area contributed by atoms with E-state index in [1.807, 2.05) is 41.8 Å². The van der Waals surface area contributed by atoms with E-state index in [1.165, 1.54) is 5.56 Å². The molecule has 0 aliphatic carbocycles. The summed E-state index contributed by atoms with van der Waals surface area (Å²) >= 11 is 1.59. The molecule has 0 atom stereocenters. The molecule has 188 valence electrons. The predicted molar refractivity (Wildman–Crippen MR) is 149 cm³/mol. The largest absolute Gasteiger partial charge is 0.507 e. The van der Waals surface area contributed by atoms with E-state index in [4.69, 9.17) is 10.5 Å². The fourth-order valence-electron chi connectivity index (χ4n) is 3.79. The van der Waals surface area contributed by atoms with Crippen LogP contribution in [0.1, 0.15) is 63.1 Å². The first kappa shape index (κ1) is 26.8. The van der Waals surface area contributed by atoms with E-state index in [1.54, 1.807) is 11.3 Å². The van der Waals surface area contributed by atoms with Crippen molar-refractivity contribution in [3.63, 3.8) is 0 Å². The molecule has 2 aromatic carbocycles. The van der Waals surface area contributed by atoms with Gasteiger partial charge in [0.1, 0.15) is 23.9 Å². The number of hydrogen-bond donors (Lipinski definition) is 3. The number of hydrogen-bond acceptors (Lipinski definition) is 5. The molecule has 0 amide bonds. The van der Waals surface area contributed by atoms with Crippen LogP contribution in [0.25, 0.3) is 0 Å². The number of ether oxygens (including phenoxy) is 1. The highest BCUT2D eigenvalue weighted by atomic mass is 32.1. The number of phenolic OH excluding ortho intramolecular Hbond substituents is 1. The van der Waals surface area contributed by atoms with Gasteiger partial charge >= 0.3 is 0 Å². The summed E-state index contributed by atoms with van der Waals surface area (Å²) in [6.07, 6.45) is 0.923. The highest BCUT2D eigenvalue weighted by molar-refractivity contribution is 7.12. The second-order valence-electron chi connectivity index (χ2n) is 10.9. The number of nitrogens with zero attached hydrogens (tertiary/aromatic N) is 1. The second-order valence-corrected chi connectivity index (χ2v) is 11.8. The molecule has 0 bridgehead atoms. The fourth-order valence-corrected chi connectivity index (χ4v) is 4.42. The Labute approximate surface area is 214 Å². The van der Waals surface area contributed by atoms with Crippen molar-refractivity contribution >= 4 is 22.9 Å². The van der Waals surface area contributed by atoms with Gasteiger partial charge in [-0.25, -0.2) is 4.99 Å². The van der Waals surface area contributed by atoms with Crippen LogP contribution in [-0.2, 0) is 17.3 Å². The van der Waals surface area contributed by atoms with Crippen LogP contribution in [0.15, 0.2) is 58.9 Å². The third-order valence-electron chi connectivity index (χ3n) is 5.80. The zero-order valence-electron chi connectivity index (χ0n) is 21.8. The summed E-state index contributed by atoms with van der Waals surface area (Å²) in [6, 6.07) is 16.1. The zero-order chi connectivity index (χ0) is 25.6. The third kappa shape index (κ3) is 7.58. The number of phenols is 1. The third-order valence-corrected chi connectivity index (χ3v) is 6.69. The van der Waals surface area contributed by atoms with Crippen LogP contribution in [-0.4, -0.2) is 30.6 Å². The van der Waals surface area contributed by atoms with Crippen LogP contribution in [0.2, 0.25) is 0 Å². The average Bonchev–Trinajstić information content (AvgIpc) is 3.31. The van der Waals surface area contributed by atoms with Crippen molar-refractivity contribution in [3.8, 4) is 11.5 Å². The summed E-state index contributed by atoms with van der Waals surface area (Å²) < 4.78 is 6.07. The minimum Gasteiger partial charge on any atom is -0.507 e. The topological polar surface area (TPSA) is 79.9 Å². The number of nitrogens with one attached hydrogen (secondary N) is 1. The lowest BCUT2D eigenvalue weighted by Gasteiger charge is -2.28. The van der Waals surface area contributed by atoms with E-state index in [0.717, 1.165) is 47.0 Å². The Hall–Kier alpha value is -2.83. The number of benzene rings is 2. The van der Waals surface area contributed by atoms with Crippen molar-refractivity contribution in [1.29, 1.82) is 0 Å². The van der Waals surface area contributed by atoms with Crippen molar-refractivity contribution in [3.05, 3.63) is 75.5 Å². The van der Waals surface area contributed by atoms with Gasteiger partial charge in [0, 0.05) is 17.7 Å². The number of aromatic hydroxyl groups is 1. The lowest BCUT2D eigenvalue weighted by Crippen LogP contribution is -2.23. The highest BCUT2D eigenvalue weighted by Gasteiger charge is 2.26. The van der Waals surface area contributed by atoms with Gasteiger partial charge in [-0.05, 0) is 65.1 Å². The van der Waals surface area contributed by atoms with E-state index in [0.29, 0.717) is 18.2 Å². The fraction of sp³-hybridized carbons (Fsp3) is 0.414. The summed E-state index contributed by atoms with van der Waals surface area (Å²) in [7, 11) is 0. The Morgan fingerprint density at radius 2 is 1.60 bits per heavy atom. The number of rotatable bonds is 9. The minimum atomic E-state index is -0.168. The Morgan fingerprint density at radius 1 is 0.971 bits per heavy atom. The summed E-state index contributed by atoms with van der Waals surface area (Å²) in [6.45, 7) is 14.8. The number of nitrogens with two attached hydrogens (primary N) is 1. The molecule has 1 heterocycles. The van der Waals surface area contributed by atoms with Gasteiger partial charge in [-0.3, -0.25) is 0 Å². The van der Waals surface area contributed by atoms with Gasteiger partial charge in [-0.15, -0.1) is 11.3 Å². The molecule has 0 saturated heterocycles. The Kier molecular flexibility index (Phi) is 8.62. The second kappa shape index (κ2) is 11.3. The predicted octanol–water partition coefficient (Wildman–Crippen LogP) is 6.30. The smallest absolute Gasteiger partial charge is 0.141 e. The van der Waals surface area contributed by atoms with Gasteiger partial charge in [0.2, 0.25) is 0 Å². The lowest BCUT2D eigenvalue weighted by molar-refractivity contribution is 0.311. The van der Waals surface area contributed by atoms with E-state index < -0.39 is 0 Å². The molecule has 0 aliphatic rings. The van der Waals surface area contributed by atoms with Gasteiger partial charge in [-0.2, -0.15) is 0 Å². The van der Waals surface area contributed by atoms with Crippen LogP contribution in [0.4, 0.5) is 5.69 Å². The standard InChI is InChI=1S/C29H39N3O2S/c1-28(2,3)23-18-22(19-24(26(23)33)29(4,5)6)34-16-15-31-14-13-20-9-11-21(12-10-20)32-27(30)25-8-7-17-35-25/h7-12,17-19,31,33H,13-16H2,1-6H3,(H2,30,32). The molecule has 0 radical (unpaired) electrons. The molecule has 0 spiro atoms. The molecule has 4 N–H and O–H groups in total.